The minimum absolute atomic E-state index is 1.09. The predicted octanol–water partition coefficient (Wildman–Crippen LogP) is 5.67. The summed E-state index contributed by atoms with van der Waals surface area (Å²) in [5.74, 6) is 0. The molecule has 0 atom stereocenters. The van der Waals surface area contributed by atoms with Crippen LogP contribution in [0, 0.1) is 0 Å². The molecule has 1 aromatic rings. The summed E-state index contributed by atoms with van der Waals surface area (Å²) in [6.45, 7) is 6.76. The monoisotopic (exact) mass is 290 g/mol. The number of unbranched alkanes of at least 4 members (excludes halogenated alkanes) is 6. The normalized spacial score (nSPS) is 11.0. The summed E-state index contributed by atoms with van der Waals surface area (Å²) in [5, 5.41) is 0. The van der Waals surface area contributed by atoms with E-state index in [0.29, 0.717) is 0 Å². The van der Waals surface area contributed by atoms with E-state index in [1.54, 1.807) is 0 Å². The van der Waals surface area contributed by atoms with Gasteiger partial charge in [-0.05, 0) is 38.5 Å². The quantitative estimate of drug-likeness (QED) is 0.463. The topological polar surface area (TPSA) is 25.8 Å². The van der Waals surface area contributed by atoms with Crippen molar-refractivity contribution in [3.8, 4) is 0 Å². The Bertz CT molecular complexity index is 374. The second-order valence-corrected chi connectivity index (χ2v) is 6.13. The molecule has 0 saturated heterocycles. The second kappa shape index (κ2) is 11.7. The summed E-state index contributed by atoms with van der Waals surface area (Å²) in [4.78, 5) is 9.68. The third kappa shape index (κ3) is 7.59. The molecule has 0 aliphatic carbocycles. The molecule has 1 heterocycles. The summed E-state index contributed by atoms with van der Waals surface area (Å²) in [6, 6.07) is 0. The zero-order chi connectivity index (χ0) is 15.3. The van der Waals surface area contributed by atoms with E-state index < -0.39 is 0 Å². The van der Waals surface area contributed by atoms with Crippen LogP contribution in [-0.4, -0.2) is 9.97 Å². The Morgan fingerprint density at radius 1 is 0.667 bits per heavy atom. The molecule has 0 N–H and O–H groups in total. The Morgan fingerprint density at radius 2 is 1.19 bits per heavy atom. The van der Waals surface area contributed by atoms with Crippen molar-refractivity contribution >= 4 is 0 Å². The summed E-state index contributed by atoms with van der Waals surface area (Å²) in [5.41, 5.74) is 3.75. The van der Waals surface area contributed by atoms with Crippen molar-refractivity contribution in [2.24, 2.45) is 0 Å². The first kappa shape index (κ1) is 18.1. The lowest BCUT2D eigenvalue weighted by Crippen LogP contribution is -2.05. The van der Waals surface area contributed by atoms with E-state index in [9.17, 15) is 0 Å². The molecule has 21 heavy (non-hydrogen) atoms. The van der Waals surface area contributed by atoms with Crippen LogP contribution in [0.15, 0.2) is 6.20 Å². The number of rotatable bonds is 12. The first-order valence-electron chi connectivity index (χ1n) is 9.15. The molecule has 0 aliphatic rings. The number of nitrogens with zero attached hydrogens (tertiary/aromatic N) is 2. The Balaban J connectivity index is 2.65. The van der Waals surface area contributed by atoms with Crippen LogP contribution in [0.25, 0.3) is 0 Å². The summed E-state index contributed by atoms with van der Waals surface area (Å²) in [7, 11) is 0. The zero-order valence-corrected chi connectivity index (χ0v) is 14.5. The molecule has 1 rings (SSSR count). The molecule has 0 aromatic carbocycles. The van der Waals surface area contributed by atoms with Gasteiger partial charge in [-0.1, -0.05) is 59.3 Å². The van der Waals surface area contributed by atoms with E-state index in [-0.39, 0.29) is 0 Å². The van der Waals surface area contributed by atoms with Gasteiger partial charge >= 0.3 is 0 Å². The molecule has 0 radical (unpaired) electrons. The van der Waals surface area contributed by atoms with Gasteiger partial charge in [0, 0.05) is 6.20 Å². The highest BCUT2D eigenvalue weighted by Gasteiger charge is 2.07. The number of aromatic nitrogens is 2. The molecular formula is C19H34N2. The highest BCUT2D eigenvalue weighted by Crippen LogP contribution is 2.14. The summed E-state index contributed by atoms with van der Waals surface area (Å²) in [6.07, 6.45) is 16.8. The summed E-state index contributed by atoms with van der Waals surface area (Å²) < 4.78 is 0. The van der Waals surface area contributed by atoms with Crippen molar-refractivity contribution in [2.75, 3.05) is 0 Å². The van der Waals surface area contributed by atoms with Crippen molar-refractivity contribution in [1.82, 2.24) is 9.97 Å². The Labute approximate surface area is 131 Å². The van der Waals surface area contributed by atoms with Crippen LogP contribution in [0.4, 0.5) is 0 Å². The van der Waals surface area contributed by atoms with Crippen LogP contribution < -0.4 is 0 Å². The second-order valence-electron chi connectivity index (χ2n) is 6.13. The maximum absolute atomic E-state index is 4.93. The average Bonchev–Trinajstić information content (AvgIpc) is 2.50. The van der Waals surface area contributed by atoms with E-state index in [0.717, 1.165) is 19.3 Å². The molecule has 0 fully saturated rings. The third-order valence-corrected chi connectivity index (χ3v) is 4.05. The molecule has 0 spiro atoms. The van der Waals surface area contributed by atoms with E-state index in [4.69, 9.17) is 9.97 Å². The van der Waals surface area contributed by atoms with Gasteiger partial charge in [0.25, 0.3) is 0 Å². The maximum atomic E-state index is 4.93. The molecule has 2 nitrogen and oxygen atoms in total. The van der Waals surface area contributed by atoms with Gasteiger partial charge in [-0.2, -0.15) is 0 Å². The van der Waals surface area contributed by atoms with Gasteiger partial charge < -0.3 is 0 Å². The lowest BCUT2D eigenvalue weighted by molar-refractivity contribution is 0.658. The van der Waals surface area contributed by atoms with Crippen LogP contribution in [0.3, 0.4) is 0 Å². The van der Waals surface area contributed by atoms with Crippen LogP contribution in [0.5, 0.6) is 0 Å². The Morgan fingerprint density at radius 3 is 1.76 bits per heavy atom. The zero-order valence-electron chi connectivity index (χ0n) is 14.5. The molecular weight excluding hydrogens is 256 g/mol. The minimum Gasteiger partial charge on any atom is -0.258 e. The molecule has 2 heteroatoms. The Kier molecular flexibility index (Phi) is 10.1. The number of aryl methyl sites for hydroxylation is 3. The SMILES string of the molecule is CCCCCc1cnc(CCCCC)c(CCCCC)n1. The maximum Gasteiger partial charge on any atom is 0.0622 e. The van der Waals surface area contributed by atoms with Gasteiger partial charge in [-0.3, -0.25) is 9.97 Å². The smallest absolute Gasteiger partial charge is 0.0622 e. The van der Waals surface area contributed by atoms with Gasteiger partial charge in [0.15, 0.2) is 0 Å². The molecule has 0 amide bonds. The number of hydrogen-bond acceptors (Lipinski definition) is 2. The van der Waals surface area contributed by atoms with Gasteiger partial charge in [0.1, 0.15) is 0 Å². The summed E-state index contributed by atoms with van der Waals surface area (Å²) >= 11 is 0. The standard InChI is InChI=1S/C19H34N2/c1-4-7-10-13-17-16-20-18(14-11-8-5-2)19(21-17)15-12-9-6-3/h16H,4-15H2,1-3H3. The van der Waals surface area contributed by atoms with E-state index >= 15 is 0 Å². The fourth-order valence-corrected chi connectivity index (χ4v) is 2.66. The molecule has 0 unspecified atom stereocenters. The minimum atomic E-state index is 1.09. The van der Waals surface area contributed by atoms with Crippen molar-refractivity contribution in [1.29, 1.82) is 0 Å². The van der Waals surface area contributed by atoms with Crippen molar-refractivity contribution in [3.05, 3.63) is 23.3 Å². The van der Waals surface area contributed by atoms with Crippen LogP contribution >= 0.6 is 0 Å². The van der Waals surface area contributed by atoms with Gasteiger partial charge in [0.2, 0.25) is 0 Å². The van der Waals surface area contributed by atoms with Crippen LogP contribution in [0.1, 0.15) is 95.6 Å². The highest BCUT2D eigenvalue weighted by molar-refractivity contribution is 5.15. The molecule has 0 bridgehead atoms. The van der Waals surface area contributed by atoms with Gasteiger partial charge in [0.05, 0.1) is 17.1 Å². The molecule has 120 valence electrons. The fraction of sp³-hybridized carbons (Fsp3) is 0.789. The fourth-order valence-electron chi connectivity index (χ4n) is 2.66. The largest absolute Gasteiger partial charge is 0.258 e. The lowest BCUT2D eigenvalue weighted by Gasteiger charge is -2.10. The number of hydrogen-bond donors (Lipinski definition) is 0. The van der Waals surface area contributed by atoms with Gasteiger partial charge in [-0.25, -0.2) is 0 Å². The first-order chi connectivity index (χ1) is 10.3. The average molecular weight is 290 g/mol. The first-order valence-corrected chi connectivity index (χ1v) is 9.15. The van der Waals surface area contributed by atoms with E-state index in [1.165, 1.54) is 74.9 Å². The molecule has 0 saturated carbocycles. The Hall–Kier alpha value is -0.920. The van der Waals surface area contributed by atoms with Gasteiger partial charge in [-0.15, -0.1) is 0 Å². The third-order valence-electron chi connectivity index (χ3n) is 4.05. The highest BCUT2D eigenvalue weighted by atomic mass is 14.8. The van der Waals surface area contributed by atoms with Crippen molar-refractivity contribution in [3.63, 3.8) is 0 Å². The van der Waals surface area contributed by atoms with Crippen LogP contribution in [0.2, 0.25) is 0 Å². The predicted molar refractivity (Wildman–Crippen MR) is 91.7 cm³/mol. The molecule has 0 aliphatic heterocycles. The molecule has 1 aromatic heterocycles. The van der Waals surface area contributed by atoms with Crippen molar-refractivity contribution in [2.45, 2.75) is 97.8 Å². The van der Waals surface area contributed by atoms with E-state index in [2.05, 4.69) is 20.8 Å². The van der Waals surface area contributed by atoms with Crippen molar-refractivity contribution < 1.29 is 0 Å². The van der Waals surface area contributed by atoms with Crippen LogP contribution in [-0.2, 0) is 19.3 Å². The van der Waals surface area contributed by atoms with E-state index in [1.807, 2.05) is 6.20 Å². The lowest BCUT2D eigenvalue weighted by atomic mass is 10.1.